The maximum Gasteiger partial charge on any atom is 0.412 e. The second kappa shape index (κ2) is 8.32. The normalized spacial score (nSPS) is 11.2. The van der Waals surface area contributed by atoms with E-state index in [4.69, 9.17) is 4.74 Å². The van der Waals surface area contributed by atoms with Gasteiger partial charge in [-0.15, -0.1) is 0 Å². The first-order chi connectivity index (χ1) is 14.1. The van der Waals surface area contributed by atoms with Crippen LogP contribution in [0.5, 0.6) is 0 Å². The minimum atomic E-state index is -0.749. The third-order valence-corrected chi connectivity index (χ3v) is 3.95. The van der Waals surface area contributed by atoms with Crippen molar-refractivity contribution in [1.29, 1.82) is 0 Å². The second-order valence-corrected chi connectivity index (χ2v) is 7.54. The number of para-hydroxylation sites is 2. The Kier molecular flexibility index (Phi) is 5.81. The predicted molar refractivity (Wildman–Crippen MR) is 111 cm³/mol. The number of fused-ring (bicyclic) bond motifs is 1. The first-order valence-electron chi connectivity index (χ1n) is 9.16. The molecule has 30 heavy (non-hydrogen) atoms. The van der Waals surface area contributed by atoms with Crippen molar-refractivity contribution in [2.24, 2.45) is 0 Å². The molecule has 156 valence electrons. The van der Waals surface area contributed by atoms with E-state index in [9.17, 15) is 18.8 Å². The van der Waals surface area contributed by atoms with Crippen LogP contribution >= 0.6 is 0 Å². The van der Waals surface area contributed by atoms with Crippen molar-refractivity contribution in [2.45, 2.75) is 32.9 Å². The summed E-state index contributed by atoms with van der Waals surface area (Å²) in [6.07, 6.45) is 0.383. The molecule has 0 fully saturated rings. The maximum absolute atomic E-state index is 13.7. The second-order valence-electron chi connectivity index (χ2n) is 7.54. The molecule has 0 saturated carbocycles. The Morgan fingerprint density at radius 3 is 2.57 bits per heavy atom. The molecule has 1 heterocycles. The van der Waals surface area contributed by atoms with E-state index in [-0.39, 0.29) is 17.9 Å². The van der Waals surface area contributed by atoms with E-state index in [1.165, 1.54) is 10.6 Å². The van der Waals surface area contributed by atoms with Gasteiger partial charge in [0.25, 0.3) is 5.56 Å². The molecule has 3 aromatic rings. The lowest BCUT2D eigenvalue weighted by atomic mass is 10.2. The average Bonchev–Trinajstić information content (AvgIpc) is 2.65. The number of nitrogens with one attached hydrogen (secondary N) is 2. The topological polar surface area (TPSA) is 102 Å². The number of hydrogen-bond donors (Lipinski definition) is 2. The lowest BCUT2D eigenvalue weighted by Crippen LogP contribution is -2.29. The van der Waals surface area contributed by atoms with E-state index in [1.807, 2.05) is 0 Å². The van der Waals surface area contributed by atoms with E-state index >= 15 is 0 Å². The van der Waals surface area contributed by atoms with Crippen LogP contribution in [0, 0.1) is 5.82 Å². The maximum atomic E-state index is 13.7. The fraction of sp³-hybridized carbons (Fsp3) is 0.238. The molecule has 0 saturated heterocycles. The lowest BCUT2D eigenvalue weighted by molar-refractivity contribution is -0.116. The molecular weight excluding hydrogens is 391 g/mol. The summed E-state index contributed by atoms with van der Waals surface area (Å²) in [6, 6.07) is 10.4. The summed E-state index contributed by atoms with van der Waals surface area (Å²) in [5.74, 6) is -1.18. The van der Waals surface area contributed by atoms with Crippen LogP contribution in [0.3, 0.4) is 0 Å². The molecule has 1 aromatic heterocycles. The van der Waals surface area contributed by atoms with Gasteiger partial charge in [-0.3, -0.25) is 19.5 Å². The molecule has 3 rings (SSSR count). The lowest BCUT2D eigenvalue weighted by Gasteiger charge is -2.20. The quantitative estimate of drug-likeness (QED) is 0.683. The Balaban J connectivity index is 1.82. The van der Waals surface area contributed by atoms with Crippen LogP contribution in [-0.2, 0) is 16.1 Å². The van der Waals surface area contributed by atoms with Gasteiger partial charge in [-0.2, -0.15) is 0 Å². The number of carbonyl (C=O) groups excluding carboxylic acids is 2. The van der Waals surface area contributed by atoms with E-state index in [2.05, 4.69) is 15.6 Å². The monoisotopic (exact) mass is 412 g/mol. The summed E-state index contributed by atoms with van der Waals surface area (Å²) in [4.78, 5) is 40.9. The molecule has 0 radical (unpaired) electrons. The average molecular weight is 412 g/mol. The highest BCUT2D eigenvalue weighted by molar-refractivity contribution is 5.98. The molecule has 0 spiro atoms. The Labute approximate surface area is 171 Å². The van der Waals surface area contributed by atoms with Crippen molar-refractivity contribution >= 4 is 34.4 Å². The van der Waals surface area contributed by atoms with Gasteiger partial charge in [-0.05, 0) is 51.1 Å². The number of benzene rings is 2. The molecular formula is C21H21FN4O4. The zero-order valence-corrected chi connectivity index (χ0v) is 16.7. The van der Waals surface area contributed by atoms with Crippen LogP contribution in [-0.4, -0.2) is 27.2 Å². The standard InChI is InChI=1S/C21H21FN4O4/c1-21(2,3)30-20(29)25-14-9-8-13(22)10-16(14)24-18(27)12-26-17-7-5-4-6-15(17)23-11-19(26)28/h4-11H,12H2,1-3H3,(H,24,27)(H,25,29). The highest BCUT2D eigenvalue weighted by Crippen LogP contribution is 2.24. The Bertz CT molecular complexity index is 1170. The number of anilines is 2. The Hall–Kier alpha value is -3.75. The SMILES string of the molecule is CC(C)(C)OC(=O)Nc1ccc(F)cc1NC(=O)Cn1c(=O)cnc2ccccc21. The number of hydrogen-bond acceptors (Lipinski definition) is 5. The van der Waals surface area contributed by atoms with E-state index < -0.39 is 29.0 Å². The molecule has 2 amide bonds. The van der Waals surface area contributed by atoms with Gasteiger partial charge in [0.1, 0.15) is 18.0 Å². The zero-order valence-electron chi connectivity index (χ0n) is 16.7. The summed E-state index contributed by atoms with van der Waals surface area (Å²) >= 11 is 0. The Morgan fingerprint density at radius 1 is 1.10 bits per heavy atom. The van der Waals surface area contributed by atoms with Crippen molar-refractivity contribution in [3.63, 3.8) is 0 Å². The summed E-state index contributed by atoms with van der Waals surface area (Å²) in [6.45, 7) is 4.80. The van der Waals surface area contributed by atoms with Gasteiger partial charge in [0.05, 0.1) is 28.6 Å². The molecule has 2 N–H and O–H groups in total. The summed E-state index contributed by atoms with van der Waals surface area (Å²) in [5, 5.41) is 5.01. The molecule has 8 nitrogen and oxygen atoms in total. The molecule has 0 bridgehead atoms. The highest BCUT2D eigenvalue weighted by Gasteiger charge is 2.18. The van der Waals surface area contributed by atoms with Gasteiger partial charge < -0.3 is 10.1 Å². The summed E-state index contributed by atoms with van der Waals surface area (Å²) in [5.41, 5.74) is 0.0738. The third-order valence-electron chi connectivity index (χ3n) is 3.95. The number of carbonyl (C=O) groups is 2. The molecule has 0 aliphatic rings. The molecule has 0 aliphatic carbocycles. The van der Waals surface area contributed by atoms with Gasteiger partial charge in [0.15, 0.2) is 0 Å². The third kappa shape index (κ3) is 5.19. The molecule has 0 aliphatic heterocycles. The Morgan fingerprint density at radius 2 is 1.83 bits per heavy atom. The van der Waals surface area contributed by atoms with Crippen LogP contribution in [0.25, 0.3) is 11.0 Å². The van der Waals surface area contributed by atoms with Crippen LogP contribution in [0.4, 0.5) is 20.6 Å². The van der Waals surface area contributed by atoms with Crippen molar-refractivity contribution in [3.8, 4) is 0 Å². The minimum Gasteiger partial charge on any atom is -0.444 e. The van der Waals surface area contributed by atoms with Gasteiger partial charge in [0.2, 0.25) is 5.91 Å². The number of amides is 2. The number of ether oxygens (including phenoxy) is 1. The summed E-state index contributed by atoms with van der Waals surface area (Å²) in [7, 11) is 0. The van der Waals surface area contributed by atoms with Gasteiger partial charge in [0, 0.05) is 0 Å². The summed E-state index contributed by atoms with van der Waals surface area (Å²) < 4.78 is 20.2. The van der Waals surface area contributed by atoms with Crippen molar-refractivity contribution in [1.82, 2.24) is 9.55 Å². The fourth-order valence-corrected chi connectivity index (χ4v) is 2.75. The van der Waals surface area contributed by atoms with Crippen molar-refractivity contribution in [3.05, 3.63) is 64.8 Å². The zero-order chi connectivity index (χ0) is 21.9. The van der Waals surface area contributed by atoms with Gasteiger partial charge >= 0.3 is 6.09 Å². The van der Waals surface area contributed by atoms with Crippen LogP contribution < -0.4 is 16.2 Å². The van der Waals surface area contributed by atoms with Crippen molar-refractivity contribution < 1.29 is 18.7 Å². The van der Waals surface area contributed by atoms with Crippen LogP contribution in [0.2, 0.25) is 0 Å². The smallest absolute Gasteiger partial charge is 0.412 e. The largest absolute Gasteiger partial charge is 0.444 e. The minimum absolute atomic E-state index is 0.0391. The van der Waals surface area contributed by atoms with E-state index in [1.54, 1.807) is 45.0 Å². The predicted octanol–water partition coefficient (Wildman–Crippen LogP) is 3.52. The number of rotatable bonds is 4. The number of aromatic nitrogens is 2. The number of halogens is 1. The van der Waals surface area contributed by atoms with Gasteiger partial charge in [-0.1, -0.05) is 12.1 Å². The van der Waals surface area contributed by atoms with Gasteiger partial charge in [-0.25, -0.2) is 14.2 Å². The fourth-order valence-electron chi connectivity index (χ4n) is 2.75. The number of nitrogens with zero attached hydrogens (tertiary/aromatic N) is 2. The van der Waals surface area contributed by atoms with E-state index in [0.717, 1.165) is 18.3 Å². The first kappa shape index (κ1) is 21.0. The van der Waals surface area contributed by atoms with E-state index in [0.29, 0.717) is 11.0 Å². The molecule has 0 unspecified atom stereocenters. The van der Waals surface area contributed by atoms with Crippen LogP contribution in [0.1, 0.15) is 20.8 Å². The van der Waals surface area contributed by atoms with Crippen LogP contribution in [0.15, 0.2) is 53.5 Å². The first-order valence-corrected chi connectivity index (χ1v) is 9.16. The molecule has 2 aromatic carbocycles. The molecule has 0 atom stereocenters. The highest BCUT2D eigenvalue weighted by atomic mass is 19.1. The van der Waals surface area contributed by atoms with Crippen molar-refractivity contribution in [2.75, 3.05) is 10.6 Å². The molecule has 9 heteroatoms.